The van der Waals surface area contributed by atoms with Crippen LogP contribution < -0.4 is 0 Å². The van der Waals surface area contributed by atoms with Gasteiger partial charge in [-0.05, 0) is 73.2 Å². The Morgan fingerprint density at radius 1 is 1.17 bits per heavy atom. The quantitative estimate of drug-likeness (QED) is 0.690. The summed E-state index contributed by atoms with van der Waals surface area (Å²) in [5.74, 6) is 1.22. The lowest BCUT2D eigenvalue weighted by Gasteiger charge is -2.62. The lowest BCUT2D eigenvalue weighted by Crippen LogP contribution is -2.57. The third-order valence-corrected chi connectivity index (χ3v) is 7.96. The van der Waals surface area contributed by atoms with E-state index in [1.165, 1.54) is 24.8 Å². The van der Waals surface area contributed by atoms with Crippen molar-refractivity contribution in [2.24, 2.45) is 28.6 Å². The summed E-state index contributed by atoms with van der Waals surface area (Å²) in [6.07, 6.45) is 6.26. The number of carbonyl (C=O) groups excluding carboxylic acids is 1. The maximum atomic E-state index is 12.0. The molecule has 0 radical (unpaired) electrons. The van der Waals surface area contributed by atoms with Crippen LogP contribution in [0.3, 0.4) is 0 Å². The molecule has 0 amide bonds. The van der Waals surface area contributed by atoms with Crippen LogP contribution in [-0.4, -0.2) is 23.3 Å². The molecule has 4 aliphatic rings. The summed E-state index contributed by atoms with van der Waals surface area (Å²) in [5.41, 5.74) is 2.56. The van der Waals surface area contributed by atoms with E-state index in [1.807, 2.05) is 6.92 Å². The van der Waals surface area contributed by atoms with Gasteiger partial charge in [-0.2, -0.15) is 0 Å². The SMILES string of the molecule is CC1=C2CC3C(O)CC4C(C)(C)CCCC4(C)C3CC2OC1=O. The van der Waals surface area contributed by atoms with Gasteiger partial charge in [0.15, 0.2) is 0 Å². The Hall–Kier alpha value is -0.830. The fourth-order valence-corrected chi connectivity index (χ4v) is 6.71. The average Bonchev–Trinajstić information content (AvgIpc) is 2.75. The molecule has 3 fully saturated rings. The molecule has 3 heteroatoms. The van der Waals surface area contributed by atoms with E-state index in [0.29, 0.717) is 23.2 Å². The molecule has 0 aromatic rings. The van der Waals surface area contributed by atoms with Crippen LogP contribution in [0.5, 0.6) is 0 Å². The van der Waals surface area contributed by atoms with Gasteiger partial charge < -0.3 is 9.84 Å². The first kappa shape index (κ1) is 15.7. The van der Waals surface area contributed by atoms with Gasteiger partial charge >= 0.3 is 5.97 Å². The van der Waals surface area contributed by atoms with Gasteiger partial charge in [-0.15, -0.1) is 0 Å². The normalized spacial score (nSPS) is 48.4. The first-order valence-corrected chi connectivity index (χ1v) is 9.33. The van der Waals surface area contributed by atoms with Gasteiger partial charge in [0.2, 0.25) is 0 Å². The minimum Gasteiger partial charge on any atom is -0.454 e. The summed E-state index contributed by atoms with van der Waals surface area (Å²) in [5, 5.41) is 10.9. The van der Waals surface area contributed by atoms with Crippen LogP contribution in [0.15, 0.2) is 11.1 Å². The molecule has 6 atom stereocenters. The Morgan fingerprint density at radius 3 is 2.65 bits per heavy atom. The zero-order valence-electron chi connectivity index (χ0n) is 14.9. The molecule has 0 aromatic heterocycles. The fourth-order valence-electron chi connectivity index (χ4n) is 6.71. The zero-order valence-corrected chi connectivity index (χ0v) is 14.9. The van der Waals surface area contributed by atoms with E-state index in [-0.39, 0.29) is 23.6 Å². The van der Waals surface area contributed by atoms with Crippen molar-refractivity contribution in [3.05, 3.63) is 11.1 Å². The van der Waals surface area contributed by atoms with Crippen LogP contribution in [0, 0.1) is 28.6 Å². The third kappa shape index (κ3) is 2.08. The third-order valence-electron chi connectivity index (χ3n) is 7.96. The summed E-state index contributed by atoms with van der Waals surface area (Å²) in [6.45, 7) is 9.12. The Kier molecular flexibility index (Phi) is 3.30. The molecule has 4 rings (SSSR count). The molecular formula is C20H30O3. The van der Waals surface area contributed by atoms with Gasteiger partial charge in [-0.25, -0.2) is 4.79 Å². The monoisotopic (exact) mass is 318 g/mol. The standard InChI is InChI=1S/C20H30O3/c1-11-12-8-13-14(9-16(12)23-18(11)22)20(4)7-5-6-19(2,3)17(20)10-15(13)21/h13-17,21H,5-10H2,1-4H3. The van der Waals surface area contributed by atoms with Crippen molar-refractivity contribution in [1.82, 2.24) is 0 Å². The number of fused-ring (bicyclic) bond motifs is 4. The van der Waals surface area contributed by atoms with Crippen LogP contribution in [0.4, 0.5) is 0 Å². The van der Waals surface area contributed by atoms with E-state index in [9.17, 15) is 9.90 Å². The van der Waals surface area contributed by atoms with Crippen molar-refractivity contribution in [1.29, 1.82) is 0 Å². The summed E-state index contributed by atoms with van der Waals surface area (Å²) >= 11 is 0. The van der Waals surface area contributed by atoms with Crippen LogP contribution in [0.2, 0.25) is 0 Å². The maximum Gasteiger partial charge on any atom is 0.334 e. The Balaban J connectivity index is 1.71. The van der Waals surface area contributed by atoms with Crippen molar-refractivity contribution in [2.75, 3.05) is 0 Å². The minimum atomic E-state index is -0.229. The largest absolute Gasteiger partial charge is 0.454 e. The minimum absolute atomic E-state index is 0.0171. The number of rotatable bonds is 0. The molecule has 3 saturated carbocycles. The number of aliphatic hydroxyl groups is 1. The van der Waals surface area contributed by atoms with E-state index in [0.717, 1.165) is 24.8 Å². The van der Waals surface area contributed by atoms with E-state index < -0.39 is 0 Å². The molecule has 1 heterocycles. The second-order valence-corrected chi connectivity index (χ2v) is 9.46. The molecule has 3 nitrogen and oxygen atoms in total. The predicted octanol–water partition coefficient (Wildman–Crippen LogP) is 3.85. The zero-order chi connectivity index (χ0) is 16.6. The van der Waals surface area contributed by atoms with E-state index in [4.69, 9.17) is 4.74 Å². The molecule has 128 valence electrons. The lowest BCUT2D eigenvalue weighted by atomic mass is 9.43. The number of hydrogen-bond donors (Lipinski definition) is 1. The van der Waals surface area contributed by atoms with Crippen LogP contribution in [-0.2, 0) is 9.53 Å². The van der Waals surface area contributed by atoms with Crippen LogP contribution >= 0.6 is 0 Å². The highest BCUT2D eigenvalue weighted by Gasteiger charge is 2.59. The molecule has 0 spiro atoms. The topological polar surface area (TPSA) is 46.5 Å². The molecule has 0 saturated heterocycles. The fraction of sp³-hybridized carbons (Fsp3) is 0.850. The number of hydrogen-bond acceptors (Lipinski definition) is 3. The van der Waals surface area contributed by atoms with Crippen molar-refractivity contribution >= 4 is 5.97 Å². The first-order chi connectivity index (χ1) is 10.7. The van der Waals surface area contributed by atoms with Crippen molar-refractivity contribution < 1.29 is 14.6 Å². The van der Waals surface area contributed by atoms with Gasteiger partial charge in [0.1, 0.15) is 6.10 Å². The molecule has 1 N–H and O–H groups in total. The number of aliphatic hydroxyl groups excluding tert-OH is 1. The van der Waals surface area contributed by atoms with Crippen molar-refractivity contribution in [2.45, 2.75) is 78.4 Å². The van der Waals surface area contributed by atoms with Gasteiger partial charge in [-0.3, -0.25) is 0 Å². The van der Waals surface area contributed by atoms with E-state index >= 15 is 0 Å². The molecule has 0 bridgehead atoms. The van der Waals surface area contributed by atoms with Crippen molar-refractivity contribution in [3.8, 4) is 0 Å². The molecule has 3 aliphatic carbocycles. The van der Waals surface area contributed by atoms with Gasteiger partial charge in [-0.1, -0.05) is 27.2 Å². The number of esters is 1. The van der Waals surface area contributed by atoms with E-state index in [2.05, 4.69) is 20.8 Å². The van der Waals surface area contributed by atoms with Crippen LogP contribution in [0.25, 0.3) is 0 Å². The molecule has 1 aliphatic heterocycles. The average molecular weight is 318 g/mol. The Morgan fingerprint density at radius 2 is 1.91 bits per heavy atom. The summed E-state index contributed by atoms with van der Waals surface area (Å²) in [7, 11) is 0. The second kappa shape index (κ2) is 4.84. The summed E-state index contributed by atoms with van der Waals surface area (Å²) < 4.78 is 5.64. The second-order valence-electron chi connectivity index (χ2n) is 9.46. The van der Waals surface area contributed by atoms with Gasteiger partial charge in [0.05, 0.1) is 6.10 Å². The molecule has 23 heavy (non-hydrogen) atoms. The van der Waals surface area contributed by atoms with Gasteiger partial charge in [0, 0.05) is 5.57 Å². The smallest absolute Gasteiger partial charge is 0.334 e. The van der Waals surface area contributed by atoms with Gasteiger partial charge in [0.25, 0.3) is 0 Å². The molecular weight excluding hydrogens is 288 g/mol. The summed E-state index contributed by atoms with van der Waals surface area (Å²) in [4.78, 5) is 12.0. The molecule has 6 unspecified atom stereocenters. The van der Waals surface area contributed by atoms with Crippen molar-refractivity contribution in [3.63, 3.8) is 0 Å². The first-order valence-electron chi connectivity index (χ1n) is 9.33. The highest BCUT2D eigenvalue weighted by molar-refractivity contribution is 5.91. The highest BCUT2D eigenvalue weighted by atomic mass is 16.5. The Bertz CT molecular complexity index is 575. The number of carbonyl (C=O) groups is 1. The van der Waals surface area contributed by atoms with Crippen LogP contribution in [0.1, 0.15) is 66.2 Å². The summed E-state index contributed by atoms with van der Waals surface area (Å²) in [6, 6.07) is 0. The maximum absolute atomic E-state index is 12.0. The van der Waals surface area contributed by atoms with E-state index in [1.54, 1.807) is 0 Å². The molecule has 0 aromatic carbocycles. The Labute approximate surface area is 139 Å². The highest BCUT2D eigenvalue weighted by Crippen LogP contribution is 2.64. The lowest BCUT2D eigenvalue weighted by molar-refractivity contribution is -0.164. The predicted molar refractivity (Wildman–Crippen MR) is 88.6 cm³/mol. The number of ether oxygens (including phenoxy) is 1.